The summed E-state index contributed by atoms with van der Waals surface area (Å²) in [6.07, 6.45) is 3.89. The summed E-state index contributed by atoms with van der Waals surface area (Å²) in [6.45, 7) is 2.98. The van der Waals surface area contributed by atoms with Gasteiger partial charge >= 0.3 is 5.69 Å². The van der Waals surface area contributed by atoms with Crippen molar-refractivity contribution in [1.29, 1.82) is 0 Å². The maximum absolute atomic E-state index is 12.0. The molecule has 0 atom stereocenters. The van der Waals surface area contributed by atoms with E-state index < -0.39 is 4.92 Å². The molecule has 0 aliphatic carbocycles. The molecule has 2 aromatic heterocycles. The lowest BCUT2D eigenvalue weighted by molar-refractivity contribution is -0.385. The molecule has 0 saturated heterocycles. The first-order chi connectivity index (χ1) is 10.0. The molecule has 0 radical (unpaired) electrons. The Morgan fingerprint density at radius 2 is 2.24 bits per heavy atom. The predicted molar refractivity (Wildman–Crippen MR) is 73.5 cm³/mol. The molecule has 10 heteroatoms. The molecule has 21 heavy (non-hydrogen) atoms. The van der Waals surface area contributed by atoms with Crippen LogP contribution in [0.2, 0.25) is 0 Å². The van der Waals surface area contributed by atoms with Crippen molar-refractivity contribution >= 4 is 17.3 Å². The zero-order valence-corrected chi connectivity index (χ0v) is 11.4. The van der Waals surface area contributed by atoms with Gasteiger partial charge in [-0.2, -0.15) is 10.2 Å². The number of carbonyl (C=O) groups excluding carboxylic acids is 1. The van der Waals surface area contributed by atoms with Crippen molar-refractivity contribution < 1.29 is 9.72 Å². The van der Waals surface area contributed by atoms with Gasteiger partial charge in [0.1, 0.15) is 18.1 Å². The van der Waals surface area contributed by atoms with Crippen LogP contribution in [-0.2, 0) is 13.1 Å². The molecule has 1 amide bonds. The number of aromatic nitrogens is 4. The summed E-state index contributed by atoms with van der Waals surface area (Å²) >= 11 is 0. The zero-order chi connectivity index (χ0) is 15.4. The molecule has 0 unspecified atom stereocenters. The Balaban J connectivity index is 1.92. The van der Waals surface area contributed by atoms with Crippen molar-refractivity contribution in [3.05, 3.63) is 34.4 Å². The van der Waals surface area contributed by atoms with Gasteiger partial charge in [0.2, 0.25) is 0 Å². The molecule has 10 nitrogen and oxygen atoms in total. The Labute approximate surface area is 119 Å². The lowest BCUT2D eigenvalue weighted by atomic mass is 10.3. The fourth-order valence-corrected chi connectivity index (χ4v) is 1.82. The highest BCUT2D eigenvalue weighted by Gasteiger charge is 2.15. The average Bonchev–Trinajstić information content (AvgIpc) is 3.05. The fraction of sp³-hybridized carbons (Fsp3) is 0.364. The number of amides is 1. The number of anilines is 1. The molecular formula is C11H15N7O3. The summed E-state index contributed by atoms with van der Waals surface area (Å²) in [5.74, 6) is -0.339. The van der Waals surface area contributed by atoms with Crippen molar-refractivity contribution in [2.24, 2.45) is 0 Å². The van der Waals surface area contributed by atoms with Gasteiger partial charge < -0.3 is 11.1 Å². The van der Waals surface area contributed by atoms with Crippen molar-refractivity contribution in [3.8, 4) is 0 Å². The lowest BCUT2D eigenvalue weighted by Crippen LogP contribution is -2.30. The average molecular weight is 293 g/mol. The minimum absolute atomic E-state index is 0.0883. The van der Waals surface area contributed by atoms with Crippen LogP contribution in [0.4, 0.5) is 11.4 Å². The highest BCUT2D eigenvalue weighted by atomic mass is 16.6. The number of nitrogen functional groups attached to an aromatic ring is 1. The van der Waals surface area contributed by atoms with Crippen LogP contribution in [0.25, 0.3) is 0 Å². The van der Waals surface area contributed by atoms with E-state index in [9.17, 15) is 14.9 Å². The maximum atomic E-state index is 12.0. The van der Waals surface area contributed by atoms with Gasteiger partial charge in [0, 0.05) is 13.1 Å². The minimum atomic E-state index is -0.525. The number of nitrogens with zero attached hydrogens (tertiary/aromatic N) is 5. The van der Waals surface area contributed by atoms with Crippen LogP contribution >= 0.6 is 0 Å². The molecule has 0 aliphatic heterocycles. The number of carbonyl (C=O) groups is 1. The highest BCUT2D eigenvalue weighted by Crippen LogP contribution is 2.10. The van der Waals surface area contributed by atoms with E-state index in [1.165, 1.54) is 21.8 Å². The Morgan fingerprint density at radius 3 is 2.86 bits per heavy atom. The molecule has 0 saturated carbocycles. The van der Waals surface area contributed by atoms with Crippen LogP contribution in [0.5, 0.6) is 0 Å². The van der Waals surface area contributed by atoms with Crippen molar-refractivity contribution in [3.63, 3.8) is 0 Å². The SMILES string of the molecule is CCn1ncc(N)c1C(=O)NCCn1cc([N+](=O)[O-])cn1. The Bertz CT molecular complexity index is 661. The summed E-state index contributed by atoms with van der Waals surface area (Å²) in [6, 6.07) is 0. The molecule has 2 aromatic rings. The molecule has 0 aliphatic rings. The normalized spacial score (nSPS) is 10.5. The van der Waals surface area contributed by atoms with E-state index in [4.69, 9.17) is 5.73 Å². The van der Waals surface area contributed by atoms with Crippen molar-refractivity contribution in [2.45, 2.75) is 20.0 Å². The van der Waals surface area contributed by atoms with Crippen LogP contribution in [0.1, 0.15) is 17.4 Å². The number of rotatable bonds is 6. The highest BCUT2D eigenvalue weighted by molar-refractivity contribution is 5.97. The van der Waals surface area contributed by atoms with Crippen molar-refractivity contribution in [2.75, 3.05) is 12.3 Å². The van der Waals surface area contributed by atoms with E-state index in [0.717, 1.165) is 6.20 Å². The molecule has 0 aromatic carbocycles. The Kier molecular flexibility index (Phi) is 4.16. The molecule has 0 bridgehead atoms. The molecule has 0 fully saturated rings. The predicted octanol–water partition coefficient (Wildman–Crippen LogP) is 0.0199. The van der Waals surface area contributed by atoms with E-state index >= 15 is 0 Å². The van der Waals surface area contributed by atoms with Gasteiger partial charge in [0.05, 0.1) is 23.4 Å². The van der Waals surface area contributed by atoms with Crippen LogP contribution in [-0.4, -0.2) is 36.9 Å². The van der Waals surface area contributed by atoms with Gasteiger partial charge in [-0.05, 0) is 6.92 Å². The van der Waals surface area contributed by atoms with Crippen LogP contribution < -0.4 is 11.1 Å². The number of nitro groups is 1. The second-order valence-electron chi connectivity index (χ2n) is 4.24. The Hall–Kier alpha value is -2.91. The largest absolute Gasteiger partial charge is 0.396 e. The van der Waals surface area contributed by atoms with Crippen LogP contribution in [0.15, 0.2) is 18.6 Å². The maximum Gasteiger partial charge on any atom is 0.306 e. The van der Waals surface area contributed by atoms with E-state index in [0.29, 0.717) is 24.5 Å². The Morgan fingerprint density at radius 1 is 1.48 bits per heavy atom. The van der Waals surface area contributed by atoms with Gasteiger partial charge in [0.25, 0.3) is 5.91 Å². The zero-order valence-electron chi connectivity index (χ0n) is 11.4. The molecule has 2 heterocycles. The third-order valence-corrected chi connectivity index (χ3v) is 2.84. The molecular weight excluding hydrogens is 278 g/mol. The number of nitrogens with one attached hydrogen (secondary N) is 1. The van der Waals surface area contributed by atoms with Gasteiger partial charge in [-0.1, -0.05) is 0 Å². The third-order valence-electron chi connectivity index (χ3n) is 2.84. The number of hydrogen-bond donors (Lipinski definition) is 2. The number of hydrogen-bond acceptors (Lipinski definition) is 6. The van der Waals surface area contributed by atoms with E-state index in [-0.39, 0.29) is 18.1 Å². The minimum Gasteiger partial charge on any atom is -0.396 e. The third kappa shape index (κ3) is 3.16. The quantitative estimate of drug-likeness (QED) is 0.569. The van der Waals surface area contributed by atoms with E-state index in [1.54, 1.807) is 0 Å². The molecule has 112 valence electrons. The fourth-order valence-electron chi connectivity index (χ4n) is 1.82. The molecule has 3 N–H and O–H groups in total. The van der Waals surface area contributed by atoms with Gasteiger partial charge in [-0.25, -0.2) is 0 Å². The first-order valence-corrected chi connectivity index (χ1v) is 6.29. The van der Waals surface area contributed by atoms with Gasteiger partial charge in [-0.3, -0.25) is 24.3 Å². The van der Waals surface area contributed by atoms with Crippen LogP contribution in [0.3, 0.4) is 0 Å². The topological polar surface area (TPSA) is 134 Å². The molecule has 2 rings (SSSR count). The first kappa shape index (κ1) is 14.5. The summed E-state index contributed by atoms with van der Waals surface area (Å²) < 4.78 is 2.89. The van der Waals surface area contributed by atoms with Crippen molar-refractivity contribution in [1.82, 2.24) is 24.9 Å². The summed E-state index contributed by atoms with van der Waals surface area (Å²) in [5.41, 5.74) is 6.23. The summed E-state index contributed by atoms with van der Waals surface area (Å²) in [5, 5.41) is 21.0. The smallest absolute Gasteiger partial charge is 0.306 e. The van der Waals surface area contributed by atoms with Gasteiger partial charge in [-0.15, -0.1) is 0 Å². The first-order valence-electron chi connectivity index (χ1n) is 6.29. The number of nitrogens with two attached hydrogens (primary N) is 1. The van der Waals surface area contributed by atoms with E-state index in [1.807, 2.05) is 6.92 Å². The lowest BCUT2D eigenvalue weighted by Gasteiger charge is -2.07. The summed E-state index contributed by atoms with van der Waals surface area (Å²) in [4.78, 5) is 22.0. The monoisotopic (exact) mass is 293 g/mol. The van der Waals surface area contributed by atoms with Gasteiger partial charge in [0.15, 0.2) is 0 Å². The second kappa shape index (κ2) is 6.03. The molecule has 0 spiro atoms. The standard InChI is InChI=1S/C11H15N7O3/c1-2-17-10(9(12)6-15-17)11(19)13-3-4-16-7-8(5-14-16)18(20)21/h5-7H,2-4,12H2,1H3,(H,13,19). The van der Waals surface area contributed by atoms with E-state index in [2.05, 4.69) is 15.5 Å². The summed E-state index contributed by atoms with van der Waals surface area (Å²) in [7, 11) is 0. The van der Waals surface area contributed by atoms with Crippen LogP contribution in [0, 0.1) is 10.1 Å². The number of aryl methyl sites for hydroxylation is 1. The second-order valence-corrected chi connectivity index (χ2v) is 4.24.